The van der Waals surface area contributed by atoms with Gasteiger partial charge in [0.15, 0.2) is 0 Å². The average molecular weight is 231 g/mol. The molecule has 0 unspecified atom stereocenters. The van der Waals surface area contributed by atoms with Crippen LogP contribution in [0.2, 0.25) is 0 Å². The average Bonchev–Trinajstić information content (AvgIpc) is 2.76. The van der Waals surface area contributed by atoms with E-state index in [0.717, 1.165) is 23.5 Å². The van der Waals surface area contributed by atoms with Gasteiger partial charge in [0.1, 0.15) is 5.52 Å². The Morgan fingerprint density at radius 3 is 3.00 bits per heavy atom. The van der Waals surface area contributed by atoms with Crippen molar-refractivity contribution in [1.82, 2.24) is 24.9 Å². The van der Waals surface area contributed by atoms with Crippen LogP contribution in [0.5, 0.6) is 0 Å². The van der Waals surface area contributed by atoms with Crippen LogP contribution in [0.15, 0.2) is 18.5 Å². The minimum Gasteiger partial charge on any atom is -0.306 e. The lowest BCUT2D eigenvalue weighted by atomic mass is 9.97. The van der Waals surface area contributed by atoms with E-state index < -0.39 is 0 Å². The molecule has 0 N–H and O–H groups in total. The van der Waals surface area contributed by atoms with Crippen molar-refractivity contribution in [2.45, 2.75) is 19.4 Å². The molecule has 1 fully saturated rings. The highest BCUT2D eigenvalue weighted by Crippen LogP contribution is 2.19. The van der Waals surface area contributed by atoms with Crippen LogP contribution in [0.1, 0.15) is 12.8 Å². The molecule has 0 bridgehead atoms. The number of nitrogens with zero attached hydrogens (tertiary/aromatic N) is 5. The first kappa shape index (κ1) is 10.7. The van der Waals surface area contributed by atoms with Crippen LogP contribution in [0.25, 0.3) is 11.0 Å². The van der Waals surface area contributed by atoms with Crippen LogP contribution in [-0.4, -0.2) is 45.0 Å². The van der Waals surface area contributed by atoms with Gasteiger partial charge in [0.05, 0.1) is 11.7 Å². The van der Waals surface area contributed by atoms with Gasteiger partial charge in [-0.15, -0.1) is 5.10 Å². The SMILES string of the molecule is CN1CCC(Cn2nnc3cnccc32)CC1. The largest absolute Gasteiger partial charge is 0.306 e. The van der Waals surface area contributed by atoms with Gasteiger partial charge in [-0.3, -0.25) is 4.98 Å². The van der Waals surface area contributed by atoms with E-state index in [2.05, 4.69) is 27.2 Å². The fraction of sp³-hybridized carbons (Fsp3) is 0.583. The first-order chi connectivity index (χ1) is 8.33. The summed E-state index contributed by atoms with van der Waals surface area (Å²) in [6.07, 6.45) is 6.08. The molecule has 1 saturated heterocycles. The first-order valence-electron chi connectivity index (χ1n) is 6.14. The number of likely N-dealkylation sites (tertiary alicyclic amines) is 1. The predicted octanol–water partition coefficient (Wildman–Crippen LogP) is 1.17. The predicted molar refractivity (Wildman–Crippen MR) is 65.5 cm³/mol. The van der Waals surface area contributed by atoms with E-state index in [1.54, 1.807) is 12.4 Å². The fourth-order valence-corrected chi connectivity index (χ4v) is 2.45. The molecule has 0 amide bonds. The van der Waals surface area contributed by atoms with Crippen LogP contribution >= 0.6 is 0 Å². The van der Waals surface area contributed by atoms with Gasteiger partial charge in [0.25, 0.3) is 0 Å². The van der Waals surface area contributed by atoms with E-state index in [4.69, 9.17) is 0 Å². The highest BCUT2D eigenvalue weighted by atomic mass is 15.4. The third-order valence-electron chi connectivity index (χ3n) is 3.59. The molecule has 0 aromatic carbocycles. The van der Waals surface area contributed by atoms with Gasteiger partial charge >= 0.3 is 0 Å². The summed E-state index contributed by atoms with van der Waals surface area (Å²) in [7, 11) is 2.19. The molecule has 5 heteroatoms. The highest BCUT2D eigenvalue weighted by molar-refractivity contribution is 5.72. The molecular weight excluding hydrogens is 214 g/mol. The minimum atomic E-state index is 0.726. The molecule has 0 spiro atoms. The lowest BCUT2D eigenvalue weighted by Gasteiger charge is -2.28. The van der Waals surface area contributed by atoms with E-state index in [1.165, 1.54) is 25.9 Å². The Balaban J connectivity index is 1.76. The molecule has 17 heavy (non-hydrogen) atoms. The Morgan fingerprint density at radius 1 is 1.35 bits per heavy atom. The van der Waals surface area contributed by atoms with Crippen molar-refractivity contribution >= 4 is 11.0 Å². The quantitative estimate of drug-likeness (QED) is 0.778. The Labute approximate surface area is 100 Å². The molecule has 2 aromatic rings. The van der Waals surface area contributed by atoms with Crippen LogP contribution in [0.4, 0.5) is 0 Å². The van der Waals surface area contributed by atoms with Crippen molar-refractivity contribution in [2.24, 2.45) is 5.92 Å². The van der Waals surface area contributed by atoms with E-state index in [-0.39, 0.29) is 0 Å². The zero-order valence-electron chi connectivity index (χ0n) is 10.1. The van der Waals surface area contributed by atoms with E-state index in [9.17, 15) is 0 Å². The zero-order chi connectivity index (χ0) is 11.7. The van der Waals surface area contributed by atoms with E-state index in [0.29, 0.717) is 0 Å². The molecule has 0 aliphatic carbocycles. The van der Waals surface area contributed by atoms with Crippen molar-refractivity contribution in [3.05, 3.63) is 18.5 Å². The lowest BCUT2D eigenvalue weighted by Crippen LogP contribution is -2.32. The number of hydrogen-bond acceptors (Lipinski definition) is 4. The van der Waals surface area contributed by atoms with Crippen molar-refractivity contribution in [1.29, 1.82) is 0 Å². The van der Waals surface area contributed by atoms with Gasteiger partial charge in [0.2, 0.25) is 0 Å². The molecule has 0 atom stereocenters. The van der Waals surface area contributed by atoms with Gasteiger partial charge in [-0.05, 0) is 45.0 Å². The first-order valence-corrected chi connectivity index (χ1v) is 6.14. The topological polar surface area (TPSA) is 46.8 Å². The standard InChI is InChI=1S/C12H17N5/c1-16-6-3-10(4-7-16)9-17-12-2-5-13-8-11(12)14-15-17/h2,5,8,10H,3-4,6-7,9H2,1H3. The molecular formula is C12H17N5. The molecule has 2 aromatic heterocycles. The monoisotopic (exact) mass is 231 g/mol. The number of fused-ring (bicyclic) bond motifs is 1. The van der Waals surface area contributed by atoms with Gasteiger partial charge < -0.3 is 4.90 Å². The maximum atomic E-state index is 4.22. The second-order valence-electron chi connectivity index (χ2n) is 4.88. The second kappa shape index (κ2) is 4.41. The lowest BCUT2D eigenvalue weighted by molar-refractivity contribution is 0.202. The number of rotatable bonds is 2. The molecule has 0 saturated carbocycles. The summed E-state index contributed by atoms with van der Waals surface area (Å²) in [4.78, 5) is 6.45. The highest BCUT2D eigenvalue weighted by Gasteiger charge is 2.18. The molecule has 1 aliphatic heterocycles. The third-order valence-corrected chi connectivity index (χ3v) is 3.59. The molecule has 3 rings (SSSR count). The van der Waals surface area contributed by atoms with Gasteiger partial charge in [-0.2, -0.15) is 0 Å². The Kier molecular flexibility index (Phi) is 2.76. The molecule has 1 aliphatic rings. The van der Waals surface area contributed by atoms with Gasteiger partial charge in [-0.1, -0.05) is 5.21 Å². The maximum absolute atomic E-state index is 4.22. The summed E-state index contributed by atoms with van der Waals surface area (Å²) in [5, 5.41) is 8.36. The Morgan fingerprint density at radius 2 is 2.18 bits per heavy atom. The van der Waals surface area contributed by atoms with Crippen molar-refractivity contribution in [2.75, 3.05) is 20.1 Å². The van der Waals surface area contributed by atoms with Gasteiger partial charge in [-0.25, -0.2) is 4.68 Å². The fourth-order valence-electron chi connectivity index (χ4n) is 2.45. The molecule has 5 nitrogen and oxygen atoms in total. The van der Waals surface area contributed by atoms with Gasteiger partial charge in [0, 0.05) is 12.7 Å². The third kappa shape index (κ3) is 2.15. The second-order valence-corrected chi connectivity index (χ2v) is 4.88. The summed E-state index contributed by atoms with van der Waals surface area (Å²) < 4.78 is 2.02. The smallest absolute Gasteiger partial charge is 0.131 e. The van der Waals surface area contributed by atoms with Crippen LogP contribution in [0.3, 0.4) is 0 Å². The van der Waals surface area contributed by atoms with Crippen molar-refractivity contribution in [3.63, 3.8) is 0 Å². The summed E-state index contributed by atoms with van der Waals surface area (Å²) >= 11 is 0. The molecule has 0 radical (unpaired) electrons. The summed E-state index contributed by atoms with van der Waals surface area (Å²) in [6.45, 7) is 3.37. The Bertz CT molecular complexity index is 498. The number of hydrogen-bond donors (Lipinski definition) is 0. The normalized spacial score (nSPS) is 18.9. The summed E-state index contributed by atoms with van der Waals surface area (Å²) in [5.74, 6) is 0.726. The van der Waals surface area contributed by atoms with Crippen LogP contribution in [-0.2, 0) is 6.54 Å². The number of piperidine rings is 1. The van der Waals surface area contributed by atoms with E-state index in [1.807, 2.05) is 10.7 Å². The van der Waals surface area contributed by atoms with E-state index >= 15 is 0 Å². The summed E-state index contributed by atoms with van der Waals surface area (Å²) in [5.41, 5.74) is 1.99. The van der Waals surface area contributed by atoms with Crippen LogP contribution in [0, 0.1) is 5.92 Å². The summed E-state index contributed by atoms with van der Waals surface area (Å²) in [6, 6.07) is 1.99. The van der Waals surface area contributed by atoms with Crippen LogP contribution < -0.4 is 0 Å². The van der Waals surface area contributed by atoms with Crippen molar-refractivity contribution in [3.8, 4) is 0 Å². The Hall–Kier alpha value is -1.49. The molecule has 3 heterocycles. The zero-order valence-corrected chi connectivity index (χ0v) is 10.1. The minimum absolute atomic E-state index is 0.726. The number of pyridine rings is 1. The molecule has 90 valence electrons. The number of aromatic nitrogens is 4. The van der Waals surface area contributed by atoms with Crippen molar-refractivity contribution < 1.29 is 0 Å². The maximum Gasteiger partial charge on any atom is 0.131 e.